The summed E-state index contributed by atoms with van der Waals surface area (Å²) >= 11 is 0. The van der Waals surface area contributed by atoms with Crippen LogP contribution in [0.2, 0.25) is 0 Å². The Balaban J connectivity index is 1.45. The molecule has 0 amide bonds. The molecule has 0 radical (unpaired) electrons. The van der Waals surface area contributed by atoms with Gasteiger partial charge in [0.1, 0.15) is 5.82 Å². The highest BCUT2D eigenvalue weighted by Gasteiger charge is 2.31. The Morgan fingerprint density at radius 2 is 1.82 bits per heavy atom. The Labute approximate surface area is 132 Å². The summed E-state index contributed by atoms with van der Waals surface area (Å²) < 4.78 is 19.5. The second-order valence-electron chi connectivity index (χ2n) is 6.56. The van der Waals surface area contributed by atoms with Gasteiger partial charge in [-0.15, -0.1) is 0 Å². The zero-order chi connectivity index (χ0) is 15.4. The quantitative estimate of drug-likeness (QED) is 0.928. The van der Waals surface area contributed by atoms with E-state index in [9.17, 15) is 9.50 Å². The fourth-order valence-electron chi connectivity index (χ4n) is 3.71. The largest absolute Gasteiger partial charge is 0.391 e. The van der Waals surface area contributed by atoms with E-state index in [2.05, 4.69) is 4.90 Å². The highest BCUT2D eigenvalue weighted by molar-refractivity contribution is 5.16. The summed E-state index contributed by atoms with van der Waals surface area (Å²) in [5.41, 5.74) is 0.632. The van der Waals surface area contributed by atoms with Crippen molar-refractivity contribution in [3.63, 3.8) is 0 Å². The van der Waals surface area contributed by atoms with Crippen LogP contribution in [0.15, 0.2) is 24.3 Å². The minimum Gasteiger partial charge on any atom is -0.391 e. The number of ether oxygens (including phenoxy) is 1. The molecule has 2 unspecified atom stereocenters. The smallest absolute Gasteiger partial charge is 0.128 e. The highest BCUT2D eigenvalue weighted by Crippen LogP contribution is 2.26. The minimum atomic E-state index is -0.190. The molecule has 0 aromatic heterocycles. The van der Waals surface area contributed by atoms with Crippen molar-refractivity contribution in [3.8, 4) is 0 Å². The summed E-state index contributed by atoms with van der Waals surface area (Å²) in [4.78, 5) is 2.42. The number of benzene rings is 1. The molecular weight excluding hydrogens is 281 g/mol. The lowest BCUT2D eigenvalue weighted by molar-refractivity contribution is -0.0398. The molecule has 1 aliphatic carbocycles. The van der Waals surface area contributed by atoms with Crippen LogP contribution in [0.5, 0.6) is 0 Å². The fourth-order valence-corrected chi connectivity index (χ4v) is 3.71. The number of likely N-dealkylation sites (tertiary alicyclic amines) is 1. The highest BCUT2D eigenvalue weighted by atomic mass is 19.1. The van der Waals surface area contributed by atoms with Gasteiger partial charge in [0, 0.05) is 24.7 Å². The maximum Gasteiger partial charge on any atom is 0.128 e. The van der Waals surface area contributed by atoms with Gasteiger partial charge in [-0.05, 0) is 31.7 Å². The molecule has 1 aromatic carbocycles. The van der Waals surface area contributed by atoms with Crippen molar-refractivity contribution in [2.24, 2.45) is 0 Å². The van der Waals surface area contributed by atoms with E-state index in [1.165, 1.54) is 12.5 Å². The van der Waals surface area contributed by atoms with Crippen LogP contribution >= 0.6 is 0 Å². The second kappa shape index (κ2) is 7.53. The number of rotatable bonds is 4. The van der Waals surface area contributed by atoms with Gasteiger partial charge >= 0.3 is 0 Å². The van der Waals surface area contributed by atoms with Crippen LogP contribution in [0, 0.1) is 5.82 Å². The standard InChI is InChI=1S/C18H26FNO2/c19-16-6-2-1-5-14(16)13-22-15-9-11-20(12-10-15)17-7-3-4-8-18(17)21/h1-2,5-6,15,17-18,21H,3-4,7-13H2. The van der Waals surface area contributed by atoms with Gasteiger partial charge in [-0.25, -0.2) is 4.39 Å². The maximum absolute atomic E-state index is 13.6. The van der Waals surface area contributed by atoms with Crippen molar-refractivity contribution >= 4 is 0 Å². The summed E-state index contributed by atoms with van der Waals surface area (Å²) in [6.07, 6.45) is 6.41. The normalized spacial score (nSPS) is 27.9. The van der Waals surface area contributed by atoms with Crippen molar-refractivity contribution in [1.29, 1.82) is 0 Å². The van der Waals surface area contributed by atoms with Crippen molar-refractivity contribution in [3.05, 3.63) is 35.6 Å². The lowest BCUT2D eigenvalue weighted by atomic mass is 9.90. The zero-order valence-corrected chi connectivity index (χ0v) is 13.1. The van der Waals surface area contributed by atoms with Crippen molar-refractivity contribution < 1.29 is 14.2 Å². The third kappa shape index (κ3) is 3.86. The van der Waals surface area contributed by atoms with Gasteiger partial charge in [-0.3, -0.25) is 4.90 Å². The molecule has 1 saturated carbocycles. The molecular formula is C18H26FNO2. The van der Waals surface area contributed by atoms with Gasteiger partial charge in [0.2, 0.25) is 0 Å². The van der Waals surface area contributed by atoms with Crippen LogP contribution in [0.3, 0.4) is 0 Å². The predicted molar refractivity (Wildman–Crippen MR) is 84.0 cm³/mol. The van der Waals surface area contributed by atoms with E-state index < -0.39 is 0 Å². The first kappa shape index (κ1) is 15.9. The van der Waals surface area contributed by atoms with Crippen LogP contribution in [-0.2, 0) is 11.3 Å². The Kier molecular flexibility index (Phi) is 5.45. The molecule has 1 aliphatic heterocycles. The molecule has 1 heterocycles. The van der Waals surface area contributed by atoms with E-state index in [0.29, 0.717) is 18.2 Å². The van der Waals surface area contributed by atoms with E-state index in [1.54, 1.807) is 12.1 Å². The molecule has 22 heavy (non-hydrogen) atoms. The number of halogens is 1. The summed E-state index contributed by atoms with van der Waals surface area (Å²) in [5, 5.41) is 10.2. The first-order chi connectivity index (χ1) is 10.7. The molecule has 1 aromatic rings. The van der Waals surface area contributed by atoms with Gasteiger partial charge in [0.25, 0.3) is 0 Å². The summed E-state index contributed by atoms with van der Waals surface area (Å²) in [5.74, 6) is -0.190. The third-order valence-electron chi connectivity index (χ3n) is 5.07. The van der Waals surface area contributed by atoms with Gasteiger partial charge in [-0.1, -0.05) is 31.0 Å². The molecule has 3 nitrogen and oxygen atoms in total. The van der Waals surface area contributed by atoms with Crippen molar-refractivity contribution in [1.82, 2.24) is 4.90 Å². The van der Waals surface area contributed by atoms with Gasteiger partial charge < -0.3 is 9.84 Å². The maximum atomic E-state index is 13.6. The van der Waals surface area contributed by atoms with Crippen LogP contribution in [-0.4, -0.2) is 41.3 Å². The number of aliphatic hydroxyl groups excluding tert-OH is 1. The van der Waals surface area contributed by atoms with Crippen LogP contribution in [0.4, 0.5) is 4.39 Å². The first-order valence-corrected chi connectivity index (χ1v) is 8.51. The predicted octanol–water partition coefficient (Wildman–Crippen LogP) is 3.11. The molecule has 2 aliphatic rings. The molecule has 1 N–H and O–H groups in total. The number of hydrogen-bond donors (Lipinski definition) is 1. The third-order valence-corrected chi connectivity index (χ3v) is 5.07. The number of hydrogen-bond acceptors (Lipinski definition) is 3. The molecule has 4 heteroatoms. The summed E-state index contributed by atoms with van der Waals surface area (Å²) in [6, 6.07) is 7.14. The number of aliphatic hydroxyl groups is 1. The molecule has 2 atom stereocenters. The van der Waals surface area contributed by atoms with E-state index in [4.69, 9.17) is 4.74 Å². The molecule has 0 spiro atoms. The lowest BCUT2D eigenvalue weighted by Gasteiger charge is -2.41. The molecule has 3 rings (SSSR count). The topological polar surface area (TPSA) is 32.7 Å². The Morgan fingerprint density at radius 1 is 1.09 bits per heavy atom. The lowest BCUT2D eigenvalue weighted by Crippen LogP contribution is -2.49. The fraction of sp³-hybridized carbons (Fsp3) is 0.667. The van der Waals surface area contributed by atoms with E-state index in [0.717, 1.165) is 45.2 Å². The van der Waals surface area contributed by atoms with Crippen LogP contribution < -0.4 is 0 Å². The summed E-state index contributed by atoms with van der Waals surface area (Å²) in [7, 11) is 0. The van der Waals surface area contributed by atoms with Crippen LogP contribution in [0.25, 0.3) is 0 Å². The average molecular weight is 307 g/mol. The van der Waals surface area contributed by atoms with Crippen molar-refractivity contribution in [2.45, 2.75) is 63.4 Å². The monoisotopic (exact) mass is 307 g/mol. The Bertz CT molecular complexity index is 474. The minimum absolute atomic E-state index is 0.162. The second-order valence-corrected chi connectivity index (χ2v) is 6.56. The van der Waals surface area contributed by atoms with E-state index in [1.807, 2.05) is 6.07 Å². The average Bonchev–Trinajstić information content (AvgIpc) is 2.55. The Morgan fingerprint density at radius 3 is 2.55 bits per heavy atom. The van der Waals surface area contributed by atoms with Crippen LogP contribution in [0.1, 0.15) is 44.1 Å². The first-order valence-electron chi connectivity index (χ1n) is 8.51. The SMILES string of the molecule is OC1CCCCC1N1CCC(OCc2ccccc2F)CC1. The van der Waals surface area contributed by atoms with Gasteiger partial charge in [0.05, 0.1) is 18.8 Å². The molecule has 0 bridgehead atoms. The van der Waals surface area contributed by atoms with Crippen molar-refractivity contribution in [2.75, 3.05) is 13.1 Å². The van der Waals surface area contributed by atoms with Gasteiger partial charge in [0.15, 0.2) is 0 Å². The number of piperidine rings is 1. The molecule has 122 valence electrons. The Hall–Kier alpha value is -0.970. The zero-order valence-electron chi connectivity index (χ0n) is 13.1. The number of nitrogens with zero attached hydrogens (tertiary/aromatic N) is 1. The van der Waals surface area contributed by atoms with Gasteiger partial charge in [-0.2, -0.15) is 0 Å². The van der Waals surface area contributed by atoms with E-state index >= 15 is 0 Å². The van der Waals surface area contributed by atoms with E-state index in [-0.39, 0.29) is 18.0 Å². The molecule has 1 saturated heterocycles. The molecule has 2 fully saturated rings. The summed E-state index contributed by atoms with van der Waals surface area (Å²) in [6.45, 7) is 2.30.